The molecule has 10 aromatic carbocycles. The van der Waals surface area contributed by atoms with Gasteiger partial charge in [0.1, 0.15) is 0 Å². The standard InChI is InChI=1S/C66H50N2/c1-65(2)57-25-13-8-22-51(57)52-37-34-46(40-58(52)65)50-21-10-15-27-62(50)67(61-26-14-9-20-49(61)45-32-30-44(31-33-45)43-18-6-5-7-19-43)47-35-38-53-54-39-36-48(42-60(54)66(3,4)59(53)41-47)68-63-28-16-11-23-55(63)56-24-12-17-29-64(56)68/h5-42H,1-4H3. The van der Waals surface area contributed by atoms with Crippen LogP contribution in [0.4, 0.5) is 17.1 Å². The number of anilines is 3. The van der Waals surface area contributed by atoms with E-state index in [-0.39, 0.29) is 10.8 Å². The highest BCUT2D eigenvalue weighted by atomic mass is 15.1. The van der Waals surface area contributed by atoms with Gasteiger partial charge in [-0.3, -0.25) is 0 Å². The number of para-hydroxylation sites is 4. The monoisotopic (exact) mass is 870 g/mol. The zero-order valence-electron chi connectivity index (χ0n) is 38.8. The summed E-state index contributed by atoms with van der Waals surface area (Å²) in [6, 6.07) is 85.6. The molecule has 0 saturated heterocycles. The number of hydrogen-bond donors (Lipinski definition) is 0. The summed E-state index contributed by atoms with van der Waals surface area (Å²) in [5.74, 6) is 0. The molecule has 0 spiro atoms. The summed E-state index contributed by atoms with van der Waals surface area (Å²) in [5, 5.41) is 2.55. The molecule has 13 rings (SSSR count). The second-order valence-electron chi connectivity index (χ2n) is 19.7. The fraction of sp³-hybridized carbons (Fsp3) is 0.0909. The average molecular weight is 871 g/mol. The van der Waals surface area contributed by atoms with E-state index in [1.807, 2.05) is 0 Å². The van der Waals surface area contributed by atoms with Gasteiger partial charge in [-0.15, -0.1) is 0 Å². The van der Waals surface area contributed by atoms with Crippen LogP contribution in [0.5, 0.6) is 0 Å². The van der Waals surface area contributed by atoms with E-state index in [2.05, 4.69) is 268 Å². The van der Waals surface area contributed by atoms with Gasteiger partial charge in [0.2, 0.25) is 0 Å². The van der Waals surface area contributed by atoms with Crippen molar-refractivity contribution < 1.29 is 0 Å². The fourth-order valence-electron chi connectivity index (χ4n) is 11.8. The van der Waals surface area contributed by atoms with Crippen molar-refractivity contribution in [1.29, 1.82) is 0 Å². The Morgan fingerprint density at radius 2 is 0.750 bits per heavy atom. The van der Waals surface area contributed by atoms with Gasteiger partial charge in [0.25, 0.3) is 0 Å². The van der Waals surface area contributed by atoms with Crippen molar-refractivity contribution in [2.24, 2.45) is 0 Å². The first-order valence-electron chi connectivity index (χ1n) is 23.9. The third-order valence-corrected chi connectivity index (χ3v) is 15.2. The summed E-state index contributed by atoms with van der Waals surface area (Å²) in [5.41, 5.74) is 24.5. The fourth-order valence-corrected chi connectivity index (χ4v) is 11.8. The predicted molar refractivity (Wildman–Crippen MR) is 287 cm³/mol. The van der Waals surface area contributed by atoms with Crippen LogP contribution in [0, 0.1) is 0 Å². The topological polar surface area (TPSA) is 8.17 Å². The Balaban J connectivity index is 0.977. The second-order valence-corrected chi connectivity index (χ2v) is 19.7. The molecule has 0 N–H and O–H groups in total. The molecule has 0 aliphatic heterocycles. The molecule has 0 atom stereocenters. The lowest BCUT2D eigenvalue weighted by molar-refractivity contribution is 0.660. The van der Waals surface area contributed by atoms with Crippen molar-refractivity contribution in [2.75, 3.05) is 4.90 Å². The SMILES string of the molecule is CC1(C)c2ccccc2-c2ccc(-c3ccccc3N(c3ccc4c(c3)C(C)(C)c3cc(-n5c6ccccc6c6ccccc65)ccc3-4)c3ccccc3-c3ccc(-c4ccccc4)cc3)cc21. The van der Waals surface area contributed by atoms with E-state index >= 15 is 0 Å². The van der Waals surface area contributed by atoms with Crippen molar-refractivity contribution >= 4 is 38.9 Å². The number of aromatic nitrogens is 1. The molecule has 2 heteroatoms. The van der Waals surface area contributed by atoms with Crippen molar-refractivity contribution in [1.82, 2.24) is 4.57 Å². The Morgan fingerprint density at radius 3 is 1.43 bits per heavy atom. The molecule has 324 valence electrons. The second kappa shape index (κ2) is 15.2. The Hall–Kier alpha value is -8.20. The number of hydrogen-bond acceptors (Lipinski definition) is 1. The van der Waals surface area contributed by atoms with E-state index in [4.69, 9.17) is 0 Å². The van der Waals surface area contributed by atoms with Gasteiger partial charge in [-0.25, -0.2) is 0 Å². The molecule has 68 heavy (non-hydrogen) atoms. The molecular weight excluding hydrogens is 821 g/mol. The highest BCUT2D eigenvalue weighted by molar-refractivity contribution is 6.09. The first-order chi connectivity index (χ1) is 33.3. The first kappa shape index (κ1) is 40.1. The highest BCUT2D eigenvalue weighted by Crippen LogP contribution is 2.54. The van der Waals surface area contributed by atoms with Crippen molar-refractivity contribution in [3.05, 3.63) is 253 Å². The molecule has 2 nitrogen and oxygen atoms in total. The lowest BCUT2D eigenvalue weighted by Gasteiger charge is -2.31. The Labute approximate surface area is 399 Å². The van der Waals surface area contributed by atoms with Crippen molar-refractivity contribution in [2.45, 2.75) is 38.5 Å². The maximum Gasteiger partial charge on any atom is 0.0541 e. The first-order valence-corrected chi connectivity index (χ1v) is 23.9. The predicted octanol–water partition coefficient (Wildman–Crippen LogP) is 17.9. The van der Waals surface area contributed by atoms with E-state index in [9.17, 15) is 0 Å². The molecule has 2 aliphatic rings. The molecule has 0 unspecified atom stereocenters. The van der Waals surface area contributed by atoms with Crippen LogP contribution in [0.1, 0.15) is 49.9 Å². The number of rotatable bonds is 7. The minimum atomic E-state index is -0.270. The van der Waals surface area contributed by atoms with Gasteiger partial charge >= 0.3 is 0 Å². The minimum Gasteiger partial charge on any atom is -0.309 e. The van der Waals surface area contributed by atoms with Gasteiger partial charge in [-0.05, 0) is 121 Å². The van der Waals surface area contributed by atoms with Gasteiger partial charge in [0.05, 0.1) is 22.4 Å². The average Bonchev–Trinajstić information content (AvgIpc) is 3.93. The van der Waals surface area contributed by atoms with Crippen molar-refractivity contribution in [3.8, 4) is 61.3 Å². The molecule has 0 amide bonds. The summed E-state index contributed by atoms with van der Waals surface area (Å²) in [7, 11) is 0. The lowest BCUT2D eigenvalue weighted by atomic mass is 9.81. The van der Waals surface area contributed by atoms with Gasteiger partial charge in [0, 0.05) is 44.1 Å². The Bertz CT molecular complexity index is 3740. The molecule has 0 radical (unpaired) electrons. The number of fused-ring (bicyclic) bond motifs is 9. The van der Waals surface area contributed by atoms with Gasteiger partial charge < -0.3 is 9.47 Å². The van der Waals surface area contributed by atoms with Crippen LogP contribution in [0.2, 0.25) is 0 Å². The largest absolute Gasteiger partial charge is 0.309 e. The molecule has 0 fully saturated rings. The van der Waals surface area contributed by atoms with E-state index in [1.165, 1.54) is 105 Å². The maximum atomic E-state index is 2.52. The zero-order chi connectivity index (χ0) is 45.7. The zero-order valence-corrected chi connectivity index (χ0v) is 38.8. The van der Waals surface area contributed by atoms with Gasteiger partial charge in [-0.1, -0.05) is 204 Å². The molecule has 0 saturated carbocycles. The Morgan fingerprint density at radius 1 is 0.309 bits per heavy atom. The quantitative estimate of drug-likeness (QED) is 0.155. The summed E-state index contributed by atoms with van der Waals surface area (Å²) < 4.78 is 2.44. The van der Waals surface area contributed by atoms with Crippen molar-refractivity contribution in [3.63, 3.8) is 0 Å². The van der Waals surface area contributed by atoms with Crippen LogP contribution in [0.25, 0.3) is 83.1 Å². The van der Waals surface area contributed by atoms with E-state index in [1.54, 1.807) is 0 Å². The summed E-state index contributed by atoms with van der Waals surface area (Å²) in [6.45, 7) is 9.55. The van der Waals surface area contributed by atoms with E-state index in [0.29, 0.717) is 0 Å². The normalized spacial score (nSPS) is 13.8. The van der Waals surface area contributed by atoms with Gasteiger partial charge in [-0.2, -0.15) is 0 Å². The smallest absolute Gasteiger partial charge is 0.0541 e. The summed E-state index contributed by atoms with van der Waals surface area (Å²) in [4.78, 5) is 2.52. The maximum absolute atomic E-state index is 2.52. The van der Waals surface area contributed by atoms with Crippen LogP contribution in [-0.4, -0.2) is 4.57 Å². The number of nitrogens with zero attached hydrogens (tertiary/aromatic N) is 2. The third kappa shape index (κ3) is 6.03. The van der Waals surface area contributed by atoms with Gasteiger partial charge in [0.15, 0.2) is 0 Å². The highest BCUT2D eigenvalue weighted by Gasteiger charge is 2.38. The molecular formula is C66H50N2. The summed E-state index contributed by atoms with van der Waals surface area (Å²) in [6.07, 6.45) is 0. The van der Waals surface area contributed by atoms with Crippen LogP contribution in [0.3, 0.4) is 0 Å². The van der Waals surface area contributed by atoms with Crippen LogP contribution in [0.15, 0.2) is 231 Å². The molecule has 0 bridgehead atoms. The Kier molecular flexibility index (Phi) is 8.95. The van der Waals surface area contributed by atoms with E-state index < -0.39 is 0 Å². The van der Waals surface area contributed by atoms with E-state index in [0.717, 1.165) is 17.1 Å². The van der Waals surface area contributed by atoms with Crippen LogP contribution < -0.4 is 4.90 Å². The summed E-state index contributed by atoms with van der Waals surface area (Å²) >= 11 is 0. The van der Waals surface area contributed by atoms with Crippen LogP contribution in [-0.2, 0) is 10.8 Å². The minimum absolute atomic E-state index is 0.114. The third-order valence-electron chi connectivity index (χ3n) is 15.2. The molecule has 2 aliphatic carbocycles. The van der Waals surface area contributed by atoms with Crippen LogP contribution >= 0.6 is 0 Å². The molecule has 1 aromatic heterocycles. The lowest BCUT2D eigenvalue weighted by Crippen LogP contribution is -2.17. The molecule has 1 heterocycles. The molecule has 11 aromatic rings. The number of benzene rings is 10.